The van der Waals surface area contributed by atoms with Gasteiger partial charge in [0.05, 0.1) is 0 Å². The zero-order valence-corrected chi connectivity index (χ0v) is 14.5. The summed E-state index contributed by atoms with van der Waals surface area (Å²) < 4.78 is 0. The van der Waals surface area contributed by atoms with Gasteiger partial charge in [0.2, 0.25) is 0 Å². The Kier molecular flexibility index (Phi) is 5.69. The molecule has 0 aliphatic carbocycles. The van der Waals surface area contributed by atoms with Gasteiger partial charge in [-0.2, -0.15) is 0 Å². The van der Waals surface area contributed by atoms with Crippen LogP contribution in [-0.4, -0.2) is 0 Å². The maximum absolute atomic E-state index is 5.85. The molecule has 0 saturated carbocycles. The van der Waals surface area contributed by atoms with Crippen LogP contribution in [0, 0.1) is 0 Å². The van der Waals surface area contributed by atoms with Crippen molar-refractivity contribution < 1.29 is 0 Å². The number of benzene rings is 4. The number of anilines is 2. The van der Waals surface area contributed by atoms with Crippen LogP contribution in [0.4, 0.5) is 11.4 Å². The van der Waals surface area contributed by atoms with Gasteiger partial charge in [-0.1, -0.05) is 91.0 Å². The first-order chi connectivity index (χ1) is 12.7. The molecule has 0 unspecified atom stereocenters. The Balaban J connectivity index is 0.000000151. The van der Waals surface area contributed by atoms with E-state index in [0.29, 0.717) is 0 Å². The van der Waals surface area contributed by atoms with E-state index in [1.807, 2.05) is 84.9 Å². The summed E-state index contributed by atoms with van der Waals surface area (Å²) in [6.07, 6.45) is 0. The number of para-hydroxylation sites is 1. The van der Waals surface area contributed by atoms with E-state index in [2.05, 4.69) is 24.3 Å². The Labute approximate surface area is 154 Å². The molecule has 0 bridgehead atoms. The number of rotatable bonds is 2. The van der Waals surface area contributed by atoms with Crippen LogP contribution in [0.2, 0.25) is 0 Å². The molecule has 4 aromatic carbocycles. The van der Waals surface area contributed by atoms with Gasteiger partial charge in [0.25, 0.3) is 0 Å². The van der Waals surface area contributed by atoms with Crippen molar-refractivity contribution in [2.75, 3.05) is 11.5 Å². The normalized spacial score (nSPS) is 9.85. The molecule has 0 aromatic heterocycles. The van der Waals surface area contributed by atoms with E-state index in [0.717, 1.165) is 16.9 Å². The predicted molar refractivity (Wildman–Crippen MR) is 113 cm³/mol. The number of hydrogen-bond donors (Lipinski definition) is 2. The maximum atomic E-state index is 5.85. The van der Waals surface area contributed by atoms with Crippen LogP contribution in [0.15, 0.2) is 109 Å². The second kappa shape index (κ2) is 8.54. The van der Waals surface area contributed by atoms with Crippen LogP contribution in [0.3, 0.4) is 0 Å². The monoisotopic (exact) mass is 338 g/mol. The van der Waals surface area contributed by atoms with Crippen LogP contribution in [0.1, 0.15) is 0 Å². The third-order valence-electron chi connectivity index (χ3n) is 4.06. The van der Waals surface area contributed by atoms with E-state index < -0.39 is 0 Å². The average Bonchev–Trinajstić information content (AvgIpc) is 2.71. The van der Waals surface area contributed by atoms with Gasteiger partial charge in [0, 0.05) is 16.9 Å². The Hall–Kier alpha value is -3.52. The van der Waals surface area contributed by atoms with E-state index >= 15 is 0 Å². The lowest BCUT2D eigenvalue weighted by Gasteiger charge is -2.03. The molecule has 26 heavy (non-hydrogen) atoms. The summed E-state index contributed by atoms with van der Waals surface area (Å²) in [7, 11) is 0. The average molecular weight is 338 g/mol. The Morgan fingerprint density at radius 1 is 0.385 bits per heavy atom. The lowest BCUT2D eigenvalue weighted by Crippen LogP contribution is -1.88. The minimum absolute atomic E-state index is 0.805. The van der Waals surface area contributed by atoms with Crippen molar-refractivity contribution in [1.82, 2.24) is 0 Å². The van der Waals surface area contributed by atoms with Crippen molar-refractivity contribution in [1.29, 1.82) is 0 Å². The zero-order valence-electron chi connectivity index (χ0n) is 14.5. The summed E-state index contributed by atoms with van der Waals surface area (Å²) in [5.74, 6) is 0. The first-order valence-corrected chi connectivity index (χ1v) is 8.55. The molecule has 0 saturated heterocycles. The molecule has 0 radical (unpaired) electrons. The standard InChI is InChI=1S/2C12H11N/c13-12-9-5-4-8-11(12)10-6-2-1-3-7-10;13-12-8-6-11(7-9-12)10-4-2-1-3-5-10/h2*1-9H,13H2. The summed E-state index contributed by atoms with van der Waals surface area (Å²) in [5, 5.41) is 0. The van der Waals surface area contributed by atoms with E-state index in [9.17, 15) is 0 Å². The summed E-state index contributed by atoms with van der Waals surface area (Å²) in [6, 6.07) is 36.2. The minimum atomic E-state index is 0.805. The van der Waals surface area contributed by atoms with Crippen molar-refractivity contribution in [3.8, 4) is 22.3 Å². The van der Waals surface area contributed by atoms with Gasteiger partial charge < -0.3 is 11.5 Å². The van der Waals surface area contributed by atoms with Crippen molar-refractivity contribution in [3.05, 3.63) is 109 Å². The molecule has 2 heteroatoms. The molecular weight excluding hydrogens is 316 g/mol. The van der Waals surface area contributed by atoms with E-state index in [-0.39, 0.29) is 0 Å². The quantitative estimate of drug-likeness (QED) is 0.449. The molecule has 128 valence electrons. The lowest BCUT2D eigenvalue weighted by atomic mass is 10.0. The highest BCUT2D eigenvalue weighted by Gasteiger charge is 1.98. The number of nitrogen functional groups attached to an aromatic ring is 2. The molecule has 0 atom stereocenters. The molecule has 4 rings (SSSR count). The molecule has 0 aliphatic heterocycles. The smallest absolute Gasteiger partial charge is 0.0393 e. The summed E-state index contributed by atoms with van der Waals surface area (Å²) >= 11 is 0. The second-order valence-electron chi connectivity index (χ2n) is 5.94. The Bertz CT molecular complexity index is 931. The second-order valence-corrected chi connectivity index (χ2v) is 5.94. The van der Waals surface area contributed by atoms with Crippen LogP contribution >= 0.6 is 0 Å². The van der Waals surface area contributed by atoms with Crippen LogP contribution in [-0.2, 0) is 0 Å². The Morgan fingerprint density at radius 3 is 1.42 bits per heavy atom. The van der Waals surface area contributed by atoms with Gasteiger partial charge in [-0.05, 0) is 34.9 Å². The highest BCUT2D eigenvalue weighted by molar-refractivity contribution is 5.75. The van der Waals surface area contributed by atoms with Crippen molar-refractivity contribution in [2.24, 2.45) is 0 Å². The zero-order chi connectivity index (χ0) is 18.2. The summed E-state index contributed by atoms with van der Waals surface area (Å²) in [5.41, 5.74) is 17.8. The fourth-order valence-corrected chi connectivity index (χ4v) is 2.68. The predicted octanol–water partition coefficient (Wildman–Crippen LogP) is 5.87. The van der Waals surface area contributed by atoms with Gasteiger partial charge in [0.15, 0.2) is 0 Å². The largest absolute Gasteiger partial charge is 0.399 e. The van der Waals surface area contributed by atoms with E-state index in [1.165, 1.54) is 16.7 Å². The minimum Gasteiger partial charge on any atom is -0.399 e. The molecule has 2 nitrogen and oxygen atoms in total. The molecule has 4 N–H and O–H groups in total. The first kappa shape index (κ1) is 17.3. The highest BCUT2D eigenvalue weighted by atomic mass is 14.6. The molecular formula is C24H22N2. The summed E-state index contributed by atoms with van der Waals surface area (Å²) in [6.45, 7) is 0. The molecule has 0 fully saturated rings. The van der Waals surface area contributed by atoms with Gasteiger partial charge in [-0.3, -0.25) is 0 Å². The third-order valence-corrected chi connectivity index (χ3v) is 4.06. The molecule has 0 aliphatic rings. The molecule has 0 amide bonds. The SMILES string of the molecule is Nc1ccc(-c2ccccc2)cc1.Nc1ccccc1-c1ccccc1. The van der Waals surface area contributed by atoms with Crippen molar-refractivity contribution >= 4 is 11.4 Å². The van der Waals surface area contributed by atoms with Gasteiger partial charge >= 0.3 is 0 Å². The number of hydrogen-bond acceptors (Lipinski definition) is 2. The third kappa shape index (κ3) is 4.52. The fraction of sp³-hybridized carbons (Fsp3) is 0. The highest BCUT2D eigenvalue weighted by Crippen LogP contribution is 2.24. The first-order valence-electron chi connectivity index (χ1n) is 8.55. The van der Waals surface area contributed by atoms with Gasteiger partial charge in [-0.15, -0.1) is 0 Å². The van der Waals surface area contributed by atoms with Crippen molar-refractivity contribution in [3.63, 3.8) is 0 Å². The van der Waals surface area contributed by atoms with Crippen LogP contribution in [0.5, 0.6) is 0 Å². The fourth-order valence-electron chi connectivity index (χ4n) is 2.68. The molecule has 0 spiro atoms. The topological polar surface area (TPSA) is 52.0 Å². The molecule has 4 aromatic rings. The maximum Gasteiger partial charge on any atom is 0.0393 e. The molecule has 0 heterocycles. The van der Waals surface area contributed by atoms with Crippen LogP contribution < -0.4 is 11.5 Å². The van der Waals surface area contributed by atoms with Crippen LogP contribution in [0.25, 0.3) is 22.3 Å². The summed E-state index contributed by atoms with van der Waals surface area (Å²) in [4.78, 5) is 0. The van der Waals surface area contributed by atoms with E-state index in [1.54, 1.807) is 0 Å². The lowest BCUT2D eigenvalue weighted by molar-refractivity contribution is 1.61. The van der Waals surface area contributed by atoms with E-state index in [4.69, 9.17) is 11.5 Å². The van der Waals surface area contributed by atoms with Gasteiger partial charge in [0.1, 0.15) is 0 Å². The Morgan fingerprint density at radius 2 is 0.846 bits per heavy atom. The van der Waals surface area contributed by atoms with Crippen molar-refractivity contribution in [2.45, 2.75) is 0 Å². The van der Waals surface area contributed by atoms with Gasteiger partial charge in [-0.25, -0.2) is 0 Å². The number of nitrogens with two attached hydrogens (primary N) is 2.